The fraction of sp³-hybridized carbons (Fsp3) is 0.733. The highest BCUT2D eigenvalue weighted by molar-refractivity contribution is 5.79. The highest BCUT2D eigenvalue weighted by Crippen LogP contribution is 2.25. The number of amides is 2. The van der Waals surface area contributed by atoms with Crippen LogP contribution in [-0.4, -0.2) is 69.1 Å². The van der Waals surface area contributed by atoms with Crippen LogP contribution in [-0.2, 0) is 9.59 Å². The second kappa shape index (κ2) is 7.08. The lowest BCUT2D eigenvalue weighted by atomic mass is 9.95. The molecule has 3 heterocycles. The maximum Gasteiger partial charge on any atom is 0.231 e. The maximum atomic E-state index is 12.7. The number of hydrogen-bond acceptors (Lipinski definition) is 5. The standard InChI is InChI=1S/C15H24N6O2/c16-14(22)9-19-5-1-2-12(8-19)15(23)20-6-3-13(4-7-20)21-10-17-18-11-21/h10-13H,1-9H2,(H2,16,22). The van der Waals surface area contributed by atoms with E-state index < -0.39 is 0 Å². The Morgan fingerprint density at radius 2 is 1.78 bits per heavy atom. The second-order valence-electron chi connectivity index (χ2n) is 6.51. The first-order valence-corrected chi connectivity index (χ1v) is 8.27. The van der Waals surface area contributed by atoms with Gasteiger partial charge in [0.05, 0.1) is 12.5 Å². The zero-order valence-electron chi connectivity index (χ0n) is 13.3. The summed E-state index contributed by atoms with van der Waals surface area (Å²) in [6.07, 6.45) is 7.19. The Balaban J connectivity index is 1.51. The van der Waals surface area contributed by atoms with Crippen molar-refractivity contribution in [2.45, 2.75) is 31.7 Å². The van der Waals surface area contributed by atoms with Crippen LogP contribution >= 0.6 is 0 Å². The fourth-order valence-corrected chi connectivity index (χ4v) is 3.66. The van der Waals surface area contributed by atoms with Gasteiger partial charge in [0.1, 0.15) is 12.7 Å². The third-order valence-corrected chi connectivity index (χ3v) is 4.87. The molecule has 2 N–H and O–H groups in total. The molecule has 2 amide bonds. The van der Waals surface area contributed by atoms with Crippen molar-refractivity contribution in [3.05, 3.63) is 12.7 Å². The van der Waals surface area contributed by atoms with Gasteiger partial charge in [-0.15, -0.1) is 10.2 Å². The van der Waals surface area contributed by atoms with E-state index in [1.807, 2.05) is 14.4 Å². The van der Waals surface area contributed by atoms with Gasteiger partial charge in [-0.3, -0.25) is 14.5 Å². The van der Waals surface area contributed by atoms with Crippen molar-refractivity contribution < 1.29 is 9.59 Å². The molecule has 0 saturated carbocycles. The van der Waals surface area contributed by atoms with Crippen molar-refractivity contribution in [3.63, 3.8) is 0 Å². The fourth-order valence-electron chi connectivity index (χ4n) is 3.66. The van der Waals surface area contributed by atoms with E-state index in [-0.39, 0.29) is 24.3 Å². The molecule has 2 fully saturated rings. The summed E-state index contributed by atoms with van der Waals surface area (Å²) in [5, 5.41) is 7.69. The van der Waals surface area contributed by atoms with Gasteiger partial charge in [0, 0.05) is 25.7 Å². The molecule has 0 aliphatic carbocycles. The predicted molar refractivity (Wildman–Crippen MR) is 83.2 cm³/mol. The SMILES string of the molecule is NC(=O)CN1CCCC(C(=O)N2CCC(n3cnnc3)CC2)C1. The molecule has 2 aliphatic heterocycles. The predicted octanol–water partition coefficient (Wildman–Crippen LogP) is -0.361. The van der Waals surface area contributed by atoms with Gasteiger partial charge in [0.15, 0.2) is 0 Å². The largest absolute Gasteiger partial charge is 0.369 e. The molecule has 3 rings (SSSR count). The van der Waals surface area contributed by atoms with Gasteiger partial charge in [-0.05, 0) is 32.2 Å². The average molecular weight is 320 g/mol. The Hall–Kier alpha value is -1.96. The minimum atomic E-state index is -0.326. The molecule has 0 spiro atoms. The van der Waals surface area contributed by atoms with Crippen LogP contribution in [0.2, 0.25) is 0 Å². The first-order valence-electron chi connectivity index (χ1n) is 8.27. The molecule has 1 aromatic heterocycles. The lowest BCUT2D eigenvalue weighted by Gasteiger charge is -2.37. The molecule has 8 nitrogen and oxygen atoms in total. The highest BCUT2D eigenvalue weighted by Gasteiger charge is 2.32. The zero-order chi connectivity index (χ0) is 16.2. The third kappa shape index (κ3) is 3.87. The van der Waals surface area contributed by atoms with Gasteiger partial charge in [0.2, 0.25) is 11.8 Å². The van der Waals surface area contributed by atoms with Crippen molar-refractivity contribution in [2.75, 3.05) is 32.7 Å². The van der Waals surface area contributed by atoms with Crippen LogP contribution in [0.4, 0.5) is 0 Å². The van der Waals surface area contributed by atoms with E-state index >= 15 is 0 Å². The number of nitrogens with zero attached hydrogens (tertiary/aromatic N) is 5. The Kier molecular flexibility index (Phi) is 4.90. The number of nitrogens with two attached hydrogens (primary N) is 1. The number of primary amides is 1. The molecule has 8 heteroatoms. The first kappa shape index (κ1) is 15.9. The summed E-state index contributed by atoms with van der Waals surface area (Å²) in [7, 11) is 0. The van der Waals surface area contributed by atoms with E-state index in [0.717, 1.165) is 45.3 Å². The smallest absolute Gasteiger partial charge is 0.231 e. The Morgan fingerprint density at radius 1 is 1.09 bits per heavy atom. The average Bonchev–Trinajstić information content (AvgIpc) is 3.08. The zero-order valence-corrected chi connectivity index (χ0v) is 13.3. The summed E-state index contributed by atoms with van der Waals surface area (Å²) >= 11 is 0. The Morgan fingerprint density at radius 3 is 2.43 bits per heavy atom. The van der Waals surface area contributed by atoms with Crippen molar-refractivity contribution in [3.8, 4) is 0 Å². The summed E-state index contributed by atoms with van der Waals surface area (Å²) in [6, 6.07) is 0.381. The summed E-state index contributed by atoms with van der Waals surface area (Å²) in [5.74, 6) is -0.108. The number of carbonyl (C=O) groups excluding carboxylic acids is 2. The molecule has 1 aromatic rings. The molecule has 0 aromatic carbocycles. The molecule has 1 unspecified atom stereocenters. The minimum Gasteiger partial charge on any atom is -0.369 e. The molecule has 23 heavy (non-hydrogen) atoms. The van der Waals surface area contributed by atoms with Gasteiger partial charge in [-0.1, -0.05) is 0 Å². The lowest BCUT2D eigenvalue weighted by Crippen LogP contribution is -2.48. The van der Waals surface area contributed by atoms with Crippen LogP contribution in [0.5, 0.6) is 0 Å². The Bertz CT molecular complexity index is 538. The van der Waals surface area contributed by atoms with Crippen molar-refractivity contribution in [1.82, 2.24) is 24.6 Å². The molecule has 1 atom stereocenters. The second-order valence-corrected chi connectivity index (χ2v) is 6.51. The van der Waals surface area contributed by atoms with Crippen molar-refractivity contribution in [1.29, 1.82) is 0 Å². The van der Waals surface area contributed by atoms with E-state index in [1.54, 1.807) is 12.7 Å². The topological polar surface area (TPSA) is 97.3 Å². The number of hydrogen-bond donors (Lipinski definition) is 1. The van der Waals surface area contributed by atoms with Gasteiger partial charge >= 0.3 is 0 Å². The molecule has 126 valence electrons. The van der Waals surface area contributed by atoms with E-state index in [4.69, 9.17) is 5.73 Å². The molecular weight excluding hydrogens is 296 g/mol. The van der Waals surface area contributed by atoms with E-state index in [1.165, 1.54) is 0 Å². The van der Waals surface area contributed by atoms with Crippen LogP contribution in [0.25, 0.3) is 0 Å². The molecule has 2 aliphatic rings. The normalized spacial score (nSPS) is 23.8. The van der Waals surface area contributed by atoms with Crippen LogP contribution in [0.3, 0.4) is 0 Å². The van der Waals surface area contributed by atoms with Crippen molar-refractivity contribution in [2.24, 2.45) is 11.7 Å². The number of carbonyl (C=O) groups is 2. The molecule has 0 bridgehead atoms. The lowest BCUT2D eigenvalue weighted by molar-refractivity contribution is -0.139. The van der Waals surface area contributed by atoms with Gasteiger partial charge in [0.25, 0.3) is 0 Å². The Labute approximate surface area is 135 Å². The molecule has 2 saturated heterocycles. The highest BCUT2D eigenvalue weighted by atomic mass is 16.2. The van der Waals surface area contributed by atoms with Gasteiger partial charge in [-0.25, -0.2) is 0 Å². The molecular formula is C15H24N6O2. The number of rotatable bonds is 4. The van der Waals surface area contributed by atoms with Gasteiger partial charge in [-0.2, -0.15) is 0 Å². The van der Waals surface area contributed by atoms with E-state index in [0.29, 0.717) is 12.6 Å². The summed E-state index contributed by atoms with van der Waals surface area (Å²) in [6.45, 7) is 3.29. The van der Waals surface area contributed by atoms with E-state index in [9.17, 15) is 9.59 Å². The quantitative estimate of drug-likeness (QED) is 0.817. The molecule has 0 radical (unpaired) electrons. The number of aromatic nitrogens is 3. The van der Waals surface area contributed by atoms with Crippen LogP contribution < -0.4 is 5.73 Å². The summed E-state index contributed by atoms with van der Waals surface area (Å²) < 4.78 is 2.02. The number of piperidine rings is 2. The summed E-state index contributed by atoms with van der Waals surface area (Å²) in [5.41, 5.74) is 5.26. The number of likely N-dealkylation sites (tertiary alicyclic amines) is 2. The van der Waals surface area contributed by atoms with Gasteiger partial charge < -0.3 is 15.2 Å². The first-order chi connectivity index (χ1) is 11.1. The van der Waals surface area contributed by atoms with Crippen LogP contribution in [0.15, 0.2) is 12.7 Å². The monoisotopic (exact) mass is 320 g/mol. The van der Waals surface area contributed by atoms with E-state index in [2.05, 4.69) is 10.2 Å². The minimum absolute atomic E-state index is 0.00504. The summed E-state index contributed by atoms with van der Waals surface area (Å²) in [4.78, 5) is 27.8. The maximum absolute atomic E-state index is 12.7. The van der Waals surface area contributed by atoms with Crippen molar-refractivity contribution >= 4 is 11.8 Å². The third-order valence-electron chi connectivity index (χ3n) is 4.87. The van der Waals surface area contributed by atoms with Crippen LogP contribution in [0.1, 0.15) is 31.7 Å². The van der Waals surface area contributed by atoms with Crippen LogP contribution in [0, 0.1) is 5.92 Å².